The summed E-state index contributed by atoms with van der Waals surface area (Å²) in [6.45, 7) is 1.97. The van der Waals surface area contributed by atoms with E-state index in [2.05, 4.69) is 27.0 Å². The first kappa shape index (κ1) is 23.2. The molecule has 0 bridgehead atoms. The maximum Gasteiger partial charge on any atom is 0.303 e. The van der Waals surface area contributed by atoms with Gasteiger partial charge in [-0.05, 0) is 91.3 Å². The summed E-state index contributed by atoms with van der Waals surface area (Å²) < 4.78 is 19.6. The van der Waals surface area contributed by atoms with E-state index in [1.807, 2.05) is 6.07 Å². The summed E-state index contributed by atoms with van der Waals surface area (Å²) in [5, 5.41) is 10.1. The predicted octanol–water partition coefficient (Wildman–Crippen LogP) is 5.75. The van der Waals surface area contributed by atoms with Crippen molar-refractivity contribution in [3.05, 3.63) is 54.1 Å². The van der Waals surface area contributed by atoms with Gasteiger partial charge in [0.25, 0.3) is 0 Å². The number of ether oxygens (including phenoxy) is 1. The Kier molecular flexibility index (Phi) is 6.04. The zero-order valence-electron chi connectivity index (χ0n) is 20.5. The number of H-pyrrole nitrogens is 1. The van der Waals surface area contributed by atoms with Crippen molar-refractivity contribution < 1.29 is 19.0 Å². The molecule has 4 atom stereocenters. The molecule has 188 valence electrons. The minimum atomic E-state index is -0.653. The van der Waals surface area contributed by atoms with Gasteiger partial charge < -0.3 is 14.8 Å². The average Bonchev–Trinajstić information content (AvgIpc) is 3.56. The summed E-state index contributed by atoms with van der Waals surface area (Å²) in [6, 6.07) is 9.23. The quantitative estimate of drug-likeness (QED) is 0.461. The lowest BCUT2D eigenvalue weighted by molar-refractivity contribution is -0.138. The summed E-state index contributed by atoms with van der Waals surface area (Å²) >= 11 is 0. The standard InChI is InChI=1S/C29H32FN3O3/c1-36-27-3-2-21(30)15-24(27)23-4-7-31-29-25(23)16-26(32-29)18-5-8-33(9-6-18)22-13-19-10-17(12-28(34)35)11-20(19)14-22/h2-5,7,15-17,19-20,22H,6,8-14H2,1H3,(H,31,32)(H,34,35)/t17?,19-,20+,22+. The fraction of sp³-hybridized carbons (Fsp3) is 0.448. The summed E-state index contributed by atoms with van der Waals surface area (Å²) in [6.07, 6.45) is 9.97. The zero-order valence-corrected chi connectivity index (χ0v) is 20.5. The Morgan fingerprint density at radius 2 is 1.97 bits per heavy atom. The molecule has 2 saturated carbocycles. The van der Waals surface area contributed by atoms with Crippen LogP contribution in [0.3, 0.4) is 0 Å². The molecule has 1 unspecified atom stereocenters. The number of methoxy groups -OCH3 is 1. The van der Waals surface area contributed by atoms with Gasteiger partial charge in [0.15, 0.2) is 0 Å². The number of aromatic nitrogens is 2. The van der Waals surface area contributed by atoms with Crippen molar-refractivity contribution >= 4 is 22.6 Å². The molecule has 0 saturated heterocycles. The van der Waals surface area contributed by atoms with Gasteiger partial charge in [-0.1, -0.05) is 6.08 Å². The van der Waals surface area contributed by atoms with Crippen LogP contribution in [0.25, 0.3) is 27.7 Å². The highest BCUT2D eigenvalue weighted by Crippen LogP contribution is 2.49. The Balaban J connectivity index is 1.18. The van der Waals surface area contributed by atoms with Crippen molar-refractivity contribution in [1.82, 2.24) is 14.9 Å². The average molecular weight is 490 g/mol. The largest absolute Gasteiger partial charge is 0.496 e. The number of halogens is 1. The number of carbonyl (C=O) groups is 1. The van der Waals surface area contributed by atoms with Gasteiger partial charge in [0.1, 0.15) is 17.2 Å². The number of pyridine rings is 1. The molecule has 1 aliphatic heterocycles. The molecule has 1 aromatic carbocycles. The first-order valence-electron chi connectivity index (χ1n) is 13.0. The monoisotopic (exact) mass is 489 g/mol. The zero-order chi connectivity index (χ0) is 24.8. The lowest BCUT2D eigenvalue weighted by atomic mass is 9.97. The van der Waals surface area contributed by atoms with Crippen LogP contribution in [0.15, 0.2) is 42.6 Å². The topological polar surface area (TPSA) is 78.5 Å². The Labute approximate surface area is 210 Å². The fourth-order valence-electron chi connectivity index (χ4n) is 7.01. The molecule has 0 radical (unpaired) electrons. The number of aliphatic carboxylic acids is 1. The molecule has 3 aromatic rings. The van der Waals surface area contributed by atoms with Crippen molar-refractivity contribution in [2.45, 2.75) is 44.6 Å². The molecule has 6 nitrogen and oxygen atoms in total. The minimum absolute atomic E-state index is 0.296. The van der Waals surface area contributed by atoms with Crippen LogP contribution in [-0.4, -0.2) is 52.2 Å². The van der Waals surface area contributed by atoms with Gasteiger partial charge in [-0.25, -0.2) is 9.37 Å². The number of hydrogen-bond acceptors (Lipinski definition) is 4. The first-order valence-corrected chi connectivity index (χ1v) is 13.0. The number of aromatic amines is 1. The SMILES string of the molecule is COc1ccc(F)cc1-c1ccnc2[nH]c(C3=CCN([C@H]4C[C@H]5CC(CC(=O)O)C[C@H]5C4)CC3)cc12. The van der Waals surface area contributed by atoms with E-state index in [1.54, 1.807) is 19.4 Å². The lowest BCUT2D eigenvalue weighted by Gasteiger charge is -2.32. The Hall–Kier alpha value is -3.19. The summed E-state index contributed by atoms with van der Waals surface area (Å²) in [7, 11) is 1.60. The Morgan fingerprint density at radius 3 is 2.67 bits per heavy atom. The van der Waals surface area contributed by atoms with Crippen LogP contribution >= 0.6 is 0 Å². The fourth-order valence-corrected chi connectivity index (χ4v) is 7.01. The molecule has 0 amide bonds. The number of benzene rings is 1. The molecule has 7 heteroatoms. The van der Waals surface area contributed by atoms with Crippen molar-refractivity contribution in [1.29, 1.82) is 0 Å². The van der Waals surface area contributed by atoms with Gasteiger partial charge in [-0.2, -0.15) is 0 Å². The van der Waals surface area contributed by atoms with Crippen LogP contribution in [0.2, 0.25) is 0 Å². The van der Waals surface area contributed by atoms with E-state index in [0.717, 1.165) is 60.2 Å². The van der Waals surface area contributed by atoms with Crippen molar-refractivity contribution in [3.8, 4) is 16.9 Å². The van der Waals surface area contributed by atoms with E-state index in [9.17, 15) is 9.18 Å². The van der Waals surface area contributed by atoms with Gasteiger partial charge in [0.05, 0.1) is 7.11 Å². The number of nitrogens with one attached hydrogen (secondary N) is 1. The molecule has 2 aliphatic carbocycles. The van der Waals surface area contributed by atoms with Crippen LogP contribution in [-0.2, 0) is 4.79 Å². The van der Waals surface area contributed by atoms with Gasteiger partial charge in [0, 0.05) is 48.4 Å². The van der Waals surface area contributed by atoms with Crippen LogP contribution < -0.4 is 4.74 Å². The lowest BCUT2D eigenvalue weighted by Crippen LogP contribution is -2.37. The van der Waals surface area contributed by atoms with Crippen LogP contribution in [0.4, 0.5) is 4.39 Å². The van der Waals surface area contributed by atoms with Crippen LogP contribution in [0, 0.1) is 23.6 Å². The van der Waals surface area contributed by atoms with Crippen molar-refractivity contribution in [2.24, 2.45) is 17.8 Å². The molecule has 2 N–H and O–H groups in total. The Morgan fingerprint density at radius 1 is 1.17 bits per heavy atom. The van der Waals surface area contributed by atoms with E-state index >= 15 is 0 Å². The van der Waals surface area contributed by atoms with E-state index in [4.69, 9.17) is 9.84 Å². The second-order valence-electron chi connectivity index (χ2n) is 10.7. The normalized spacial score (nSPS) is 26.2. The first-order chi connectivity index (χ1) is 17.5. The molecular formula is C29H32FN3O3. The van der Waals surface area contributed by atoms with Crippen molar-refractivity contribution in [3.63, 3.8) is 0 Å². The third-order valence-electron chi connectivity index (χ3n) is 8.64. The van der Waals surface area contributed by atoms with Gasteiger partial charge >= 0.3 is 5.97 Å². The smallest absolute Gasteiger partial charge is 0.303 e. The third-order valence-corrected chi connectivity index (χ3v) is 8.64. The molecular weight excluding hydrogens is 457 g/mol. The van der Waals surface area contributed by atoms with Gasteiger partial charge in [0.2, 0.25) is 0 Å². The minimum Gasteiger partial charge on any atom is -0.496 e. The van der Waals surface area contributed by atoms with E-state index in [-0.39, 0.29) is 5.82 Å². The van der Waals surface area contributed by atoms with Crippen LogP contribution in [0.5, 0.6) is 5.75 Å². The summed E-state index contributed by atoms with van der Waals surface area (Å²) in [4.78, 5) is 21.7. The number of fused-ring (bicyclic) bond motifs is 2. The third kappa shape index (κ3) is 4.30. The molecule has 2 fully saturated rings. The van der Waals surface area contributed by atoms with Crippen molar-refractivity contribution in [2.75, 3.05) is 20.2 Å². The highest BCUT2D eigenvalue weighted by molar-refractivity contribution is 5.96. The second-order valence-corrected chi connectivity index (χ2v) is 10.7. The summed E-state index contributed by atoms with van der Waals surface area (Å²) in [5.74, 6) is 1.45. The highest BCUT2D eigenvalue weighted by atomic mass is 19.1. The second kappa shape index (κ2) is 9.36. The van der Waals surface area contributed by atoms with E-state index in [1.165, 1.54) is 30.5 Å². The molecule has 36 heavy (non-hydrogen) atoms. The number of nitrogens with zero attached hydrogens (tertiary/aromatic N) is 2. The number of carboxylic acid groups (broad SMARTS) is 1. The van der Waals surface area contributed by atoms with Gasteiger partial charge in [-0.3, -0.25) is 9.69 Å². The number of hydrogen-bond donors (Lipinski definition) is 2. The molecule has 3 aliphatic rings. The molecule has 3 heterocycles. The highest BCUT2D eigenvalue weighted by Gasteiger charge is 2.43. The van der Waals surface area contributed by atoms with E-state index in [0.29, 0.717) is 36.0 Å². The maximum atomic E-state index is 14.1. The van der Waals surface area contributed by atoms with Crippen LogP contribution in [0.1, 0.15) is 44.2 Å². The van der Waals surface area contributed by atoms with Gasteiger partial charge in [-0.15, -0.1) is 0 Å². The maximum absolute atomic E-state index is 14.1. The number of carboxylic acids is 1. The molecule has 2 aromatic heterocycles. The summed E-state index contributed by atoms with van der Waals surface area (Å²) in [5.41, 5.74) is 4.77. The molecule has 6 rings (SSSR count). The number of rotatable bonds is 6. The molecule has 0 spiro atoms. The van der Waals surface area contributed by atoms with E-state index < -0.39 is 5.97 Å². The predicted molar refractivity (Wildman–Crippen MR) is 137 cm³/mol. The Bertz CT molecular complexity index is 1320.